The Balaban J connectivity index is 4.67. The summed E-state index contributed by atoms with van der Waals surface area (Å²) in [5, 5.41) is 0. The van der Waals surface area contributed by atoms with Crippen LogP contribution in [0.15, 0.2) is 0 Å². The minimum Gasteiger partial charge on any atom is -0.444 e. The van der Waals surface area contributed by atoms with Gasteiger partial charge in [0.1, 0.15) is 12.3 Å². The van der Waals surface area contributed by atoms with Gasteiger partial charge in [0, 0.05) is 12.6 Å². The summed E-state index contributed by atoms with van der Waals surface area (Å²) in [6.07, 6.45) is -0.367. The molecule has 0 rings (SSSR count). The molecule has 126 valence electrons. The summed E-state index contributed by atoms with van der Waals surface area (Å²) in [5.41, 5.74) is 5.31. The Morgan fingerprint density at radius 2 is 1.76 bits per heavy atom. The number of nitrogens with zero attached hydrogens (tertiary/aromatic N) is 1. The predicted octanol–water partition coefficient (Wildman–Crippen LogP) is 3.41. The Morgan fingerprint density at radius 3 is 2.14 bits per heavy atom. The van der Waals surface area contributed by atoms with Crippen LogP contribution in [0.4, 0.5) is 4.79 Å². The highest BCUT2D eigenvalue weighted by Gasteiger charge is 2.28. The second kappa shape index (κ2) is 8.15. The first-order valence-electron chi connectivity index (χ1n) is 7.70. The number of ether oxygens (including phenoxy) is 1. The van der Waals surface area contributed by atoms with Crippen LogP contribution in [-0.2, 0) is 9.16 Å². The van der Waals surface area contributed by atoms with Crippen molar-refractivity contribution in [3.63, 3.8) is 0 Å². The highest BCUT2D eigenvalue weighted by atomic mass is 28.4. The van der Waals surface area contributed by atoms with Gasteiger partial charge in [-0.25, -0.2) is 4.79 Å². The van der Waals surface area contributed by atoms with Crippen molar-refractivity contribution in [2.45, 2.75) is 72.3 Å². The molecule has 2 N–H and O–H groups in total. The lowest BCUT2D eigenvalue weighted by Gasteiger charge is -2.32. The summed E-state index contributed by atoms with van der Waals surface area (Å²) in [6, 6.07) is 0.948. The van der Waals surface area contributed by atoms with Crippen molar-refractivity contribution in [2.75, 3.05) is 13.3 Å². The number of carbonyl (C=O) groups is 1. The fourth-order valence-electron chi connectivity index (χ4n) is 2.15. The van der Waals surface area contributed by atoms with Gasteiger partial charge in [0.2, 0.25) is 0 Å². The largest absolute Gasteiger partial charge is 0.444 e. The molecule has 0 heterocycles. The van der Waals surface area contributed by atoms with Crippen molar-refractivity contribution in [2.24, 2.45) is 11.7 Å². The molecule has 5 nitrogen and oxygen atoms in total. The summed E-state index contributed by atoms with van der Waals surface area (Å²) in [4.78, 5) is 13.8. The third-order valence-electron chi connectivity index (χ3n) is 2.67. The molecule has 0 radical (unpaired) electrons. The first-order chi connectivity index (χ1) is 9.32. The van der Waals surface area contributed by atoms with E-state index in [1.165, 1.54) is 0 Å². The van der Waals surface area contributed by atoms with Gasteiger partial charge >= 0.3 is 6.09 Å². The molecular weight excluding hydrogens is 284 g/mol. The number of rotatable bonds is 7. The van der Waals surface area contributed by atoms with E-state index in [1.807, 2.05) is 27.7 Å². The molecule has 1 atom stereocenters. The molecule has 0 aromatic heterocycles. The summed E-state index contributed by atoms with van der Waals surface area (Å²) in [5.74, 6) is 0.593. The lowest BCUT2D eigenvalue weighted by atomic mass is 10.2. The summed E-state index contributed by atoms with van der Waals surface area (Å²) in [7, 11) is -1.77. The SMILES string of the molecule is CC(C)C[Si](C)(C)OCN(CC(C)N)C(=O)OC(C)(C)C. The Hall–Kier alpha value is -0.593. The van der Waals surface area contributed by atoms with Crippen molar-refractivity contribution in [1.29, 1.82) is 0 Å². The quantitative estimate of drug-likeness (QED) is 0.577. The van der Waals surface area contributed by atoms with Crippen LogP contribution in [0.25, 0.3) is 0 Å². The molecule has 0 aromatic carbocycles. The van der Waals surface area contributed by atoms with Crippen molar-refractivity contribution in [3.8, 4) is 0 Å². The molecular formula is C15H34N2O3Si. The van der Waals surface area contributed by atoms with E-state index in [1.54, 1.807) is 4.90 Å². The van der Waals surface area contributed by atoms with Gasteiger partial charge < -0.3 is 14.9 Å². The fraction of sp³-hybridized carbons (Fsp3) is 0.933. The molecule has 0 saturated carbocycles. The third-order valence-corrected chi connectivity index (χ3v) is 5.38. The monoisotopic (exact) mass is 318 g/mol. The molecule has 6 heteroatoms. The van der Waals surface area contributed by atoms with Crippen molar-refractivity contribution in [1.82, 2.24) is 4.90 Å². The van der Waals surface area contributed by atoms with Crippen LogP contribution in [0.1, 0.15) is 41.5 Å². The average molecular weight is 319 g/mol. The Morgan fingerprint density at radius 1 is 1.24 bits per heavy atom. The summed E-state index contributed by atoms with van der Waals surface area (Å²) in [6.45, 7) is 16.8. The van der Waals surface area contributed by atoms with Gasteiger partial charge in [-0.3, -0.25) is 4.90 Å². The standard InChI is InChI=1S/C15H34N2O3Si/c1-12(2)10-21(7,8)19-11-17(9-13(3)16)14(18)20-15(4,5)6/h12-13H,9-11,16H2,1-8H3. The maximum absolute atomic E-state index is 12.2. The number of carbonyl (C=O) groups excluding carboxylic acids is 1. The van der Waals surface area contributed by atoms with E-state index >= 15 is 0 Å². The summed E-state index contributed by atoms with van der Waals surface area (Å²) < 4.78 is 11.5. The molecule has 0 fully saturated rings. The molecule has 21 heavy (non-hydrogen) atoms. The van der Waals surface area contributed by atoms with Gasteiger partial charge in [0.05, 0.1) is 0 Å². The molecule has 0 aliphatic rings. The molecule has 0 spiro atoms. The molecule has 0 aliphatic carbocycles. The maximum Gasteiger partial charge on any atom is 0.412 e. The minimum atomic E-state index is -1.77. The zero-order valence-electron chi connectivity index (χ0n) is 15.0. The lowest BCUT2D eigenvalue weighted by Crippen LogP contribution is -2.46. The van der Waals surface area contributed by atoms with Gasteiger partial charge in [-0.05, 0) is 52.8 Å². The second-order valence-corrected chi connectivity index (χ2v) is 12.0. The first kappa shape index (κ1) is 20.4. The van der Waals surface area contributed by atoms with Gasteiger partial charge in [-0.1, -0.05) is 13.8 Å². The Labute approximate surface area is 131 Å². The number of hydrogen-bond acceptors (Lipinski definition) is 4. The molecule has 0 aliphatic heterocycles. The van der Waals surface area contributed by atoms with Crippen LogP contribution >= 0.6 is 0 Å². The molecule has 0 aromatic rings. The van der Waals surface area contributed by atoms with Crippen LogP contribution in [0.3, 0.4) is 0 Å². The van der Waals surface area contributed by atoms with E-state index in [2.05, 4.69) is 26.9 Å². The molecule has 0 bridgehead atoms. The van der Waals surface area contributed by atoms with Crippen molar-refractivity contribution in [3.05, 3.63) is 0 Å². The minimum absolute atomic E-state index is 0.115. The van der Waals surface area contributed by atoms with E-state index in [9.17, 15) is 4.79 Å². The Kier molecular flexibility index (Phi) is 7.92. The van der Waals surface area contributed by atoms with Crippen LogP contribution < -0.4 is 5.73 Å². The van der Waals surface area contributed by atoms with Crippen LogP contribution in [-0.4, -0.2) is 44.2 Å². The zero-order valence-corrected chi connectivity index (χ0v) is 16.0. The second-order valence-electron chi connectivity index (χ2n) is 7.81. The number of amides is 1. The topological polar surface area (TPSA) is 64.8 Å². The van der Waals surface area contributed by atoms with Gasteiger partial charge in [0.15, 0.2) is 8.32 Å². The number of nitrogens with two attached hydrogens (primary N) is 1. The maximum atomic E-state index is 12.2. The molecule has 0 saturated heterocycles. The van der Waals surface area contributed by atoms with E-state index in [4.69, 9.17) is 14.9 Å². The fourth-order valence-corrected chi connectivity index (χ4v) is 4.74. The van der Waals surface area contributed by atoms with Crippen LogP contribution in [0.5, 0.6) is 0 Å². The zero-order chi connectivity index (χ0) is 16.8. The van der Waals surface area contributed by atoms with E-state index in [0.29, 0.717) is 12.5 Å². The third kappa shape index (κ3) is 10.7. The van der Waals surface area contributed by atoms with Crippen LogP contribution in [0, 0.1) is 5.92 Å². The van der Waals surface area contributed by atoms with Crippen molar-refractivity contribution >= 4 is 14.4 Å². The van der Waals surface area contributed by atoms with Gasteiger partial charge in [0.25, 0.3) is 0 Å². The smallest absolute Gasteiger partial charge is 0.412 e. The highest BCUT2D eigenvalue weighted by Crippen LogP contribution is 2.18. The van der Waals surface area contributed by atoms with E-state index in [0.717, 1.165) is 6.04 Å². The predicted molar refractivity (Wildman–Crippen MR) is 89.7 cm³/mol. The molecule has 1 amide bonds. The highest BCUT2D eigenvalue weighted by molar-refractivity contribution is 6.71. The summed E-state index contributed by atoms with van der Waals surface area (Å²) >= 11 is 0. The van der Waals surface area contributed by atoms with Crippen molar-refractivity contribution < 1.29 is 14.0 Å². The molecule has 1 unspecified atom stereocenters. The first-order valence-corrected chi connectivity index (χ1v) is 10.8. The van der Waals surface area contributed by atoms with E-state index < -0.39 is 13.9 Å². The normalized spacial score (nSPS) is 14.2. The van der Waals surface area contributed by atoms with Gasteiger partial charge in [-0.15, -0.1) is 0 Å². The average Bonchev–Trinajstić information content (AvgIpc) is 2.19. The van der Waals surface area contributed by atoms with E-state index in [-0.39, 0.29) is 18.9 Å². The van der Waals surface area contributed by atoms with Crippen LogP contribution in [0.2, 0.25) is 19.1 Å². The number of hydrogen-bond donors (Lipinski definition) is 1. The lowest BCUT2D eigenvalue weighted by molar-refractivity contribution is 0.00759. The van der Waals surface area contributed by atoms with Gasteiger partial charge in [-0.2, -0.15) is 0 Å². The Bertz CT molecular complexity index is 325.